The van der Waals surface area contributed by atoms with Crippen molar-refractivity contribution in [1.82, 2.24) is 0 Å². The number of aryl methyl sites for hydroxylation is 2. The number of carbonyl (C=O) groups excluding carboxylic acids is 3. The average Bonchev–Trinajstić information content (AvgIpc) is 2.94. The van der Waals surface area contributed by atoms with Crippen LogP contribution in [0, 0.1) is 0 Å². The van der Waals surface area contributed by atoms with Crippen LogP contribution in [0.25, 0.3) is 0 Å². The fourth-order valence-electron chi connectivity index (χ4n) is 4.19. The number of amides is 1. The van der Waals surface area contributed by atoms with Crippen molar-refractivity contribution in [2.45, 2.75) is 51.4 Å². The molecule has 0 saturated carbocycles. The number of carbonyl (C=O) groups is 3. The van der Waals surface area contributed by atoms with Gasteiger partial charge in [0.05, 0.1) is 33.7 Å². The van der Waals surface area contributed by atoms with Crippen molar-refractivity contribution in [3.8, 4) is 5.75 Å². The van der Waals surface area contributed by atoms with E-state index < -0.39 is 11.9 Å². The van der Waals surface area contributed by atoms with Crippen molar-refractivity contribution in [3.05, 3.63) is 95.1 Å². The van der Waals surface area contributed by atoms with E-state index in [1.807, 2.05) is 30.3 Å². The van der Waals surface area contributed by atoms with Gasteiger partial charge in [-0.3, -0.25) is 14.4 Å². The molecule has 0 aromatic heterocycles. The highest BCUT2D eigenvalue weighted by Crippen LogP contribution is 2.19. The molecule has 1 N–H and O–H groups in total. The van der Waals surface area contributed by atoms with Gasteiger partial charge in [-0.2, -0.15) is 0 Å². The third kappa shape index (κ3) is 11.0. The molecule has 39 heavy (non-hydrogen) atoms. The number of unbranched alkanes of at least 4 members (excludes halogenated alkanes) is 2. The third-order valence-corrected chi connectivity index (χ3v) is 6.27. The van der Waals surface area contributed by atoms with Crippen molar-refractivity contribution >= 4 is 23.5 Å². The van der Waals surface area contributed by atoms with E-state index in [2.05, 4.69) is 29.6 Å². The second-order valence-corrected chi connectivity index (χ2v) is 9.38. The Morgan fingerprint density at radius 2 is 1.28 bits per heavy atom. The molecule has 1 amide bonds. The zero-order valence-corrected chi connectivity index (χ0v) is 22.7. The summed E-state index contributed by atoms with van der Waals surface area (Å²) in [6, 6.07) is 23.5. The number of esters is 2. The summed E-state index contributed by atoms with van der Waals surface area (Å²) >= 11 is 0. The molecule has 206 valence electrons. The second-order valence-electron chi connectivity index (χ2n) is 9.38. The highest BCUT2D eigenvalue weighted by Gasteiger charge is 2.11. The van der Waals surface area contributed by atoms with Gasteiger partial charge in [0.1, 0.15) is 5.75 Å². The Labute approximate surface area is 230 Å². The molecule has 0 fully saturated rings. The number of hydrogen-bond donors (Lipinski definition) is 1. The van der Waals surface area contributed by atoms with Gasteiger partial charge in [0, 0.05) is 12.1 Å². The lowest BCUT2D eigenvalue weighted by Crippen LogP contribution is -2.14. The number of ether oxygens (including phenoxy) is 3. The molecule has 0 aliphatic rings. The van der Waals surface area contributed by atoms with Gasteiger partial charge in [-0.15, -0.1) is 0 Å². The SMILES string of the molecule is COC(=O)Cc1cc(CC(=O)OC)cc(NC(=O)CCc2ccc(OCCCCCc3ccccc3)cc2)c1. The maximum absolute atomic E-state index is 12.6. The summed E-state index contributed by atoms with van der Waals surface area (Å²) in [5.41, 5.74) is 4.22. The Kier molecular flexibility index (Phi) is 12.0. The molecule has 0 unspecified atom stereocenters. The van der Waals surface area contributed by atoms with Crippen LogP contribution in [-0.2, 0) is 49.5 Å². The lowest BCUT2D eigenvalue weighted by atomic mass is 10.0. The number of methoxy groups -OCH3 is 2. The molecule has 7 nitrogen and oxygen atoms in total. The molecule has 7 heteroatoms. The van der Waals surface area contributed by atoms with Crippen molar-refractivity contribution in [1.29, 1.82) is 0 Å². The summed E-state index contributed by atoms with van der Waals surface area (Å²) in [6.07, 6.45) is 5.31. The van der Waals surface area contributed by atoms with Gasteiger partial charge in [0.2, 0.25) is 5.91 Å². The normalized spacial score (nSPS) is 10.5. The molecule has 0 radical (unpaired) electrons. The summed E-state index contributed by atoms with van der Waals surface area (Å²) in [7, 11) is 2.63. The van der Waals surface area contributed by atoms with Crippen molar-refractivity contribution in [2.24, 2.45) is 0 Å². The first-order chi connectivity index (χ1) is 18.9. The summed E-state index contributed by atoms with van der Waals surface area (Å²) in [4.78, 5) is 36.1. The Morgan fingerprint density at radius 3 is 1.90 bits per heavy atom. The molecule has 0 aliphatic heterocycles. The average molecular weight is 532 g/mol. The molecule has 0 saturated heterocycles. The fourth-order valence-corrected chi connectivity index (χ4v) is 4.19. The number of nitrogens with one attached hydrogen (secondary N) is 1. The summed E-state index contributed by atoms with van der Waals surface area (Å²) in [5.74, 6) is -0.146. The minimum Gasteiger partial charge on any atom is -0.494 e. The quantitative estimate of drug-likeness (QED) is 0.206. The van der Waals surface area contributed by atoms with Gasteiger partial charge in [-0.1, -0.05) is 48.5 Å². The van der Waals surface area contributed by atoms with Gasteiger partial charge in [0.25, 0.3) is 0 Å². The lowest BCUT2D eigenvalue weighted by Gasteiger charge is -2.11. The third-order valence-electron chi connectivity index (χ3n) is 6.27. The van der Waals surface area contributed by atoms with Gasteiger partial charge in [-0.25, -0.2) is 0 Å². The minimum atomic E-state index is -0.405. The van der Waals surface area contributed by atoms with E-state index in [-0.39, 0.29) is 25.2 Å². The largest absolute Gasteiger partial charge is 0.494 e. The van der Waals surface area contributed by atoms with E-state index in [0.29, 0.717) is 29.8 Å². The predicted octanol–water partition coefficient (Wildman–Crippen LogP) is 5.48. The second kappa shape index (κ2) is 16.0. The molecule has 0 spiro atoms. The summed E-state index contributed by atoms with van der Waals surface area (Å²) < 4.78 is 15.3. The Morgan fingerprint density at radius 1 is 0.667 bits per heavy atom. The maximum atomic E-state index is 12.6. The molecular weight excluding hydrogens is 494 g/mol. The van der Waals surface area contributed by atoms with Crippen LogP contribution in [0.4, 0.5) is 5.69 Å². The number of benzene rings is 3. The van der Waals surface area contributed by atoms with Gasteiger partial charge >= 0.3 is 11.9 Å². The van der Waals surface area contributed by atoms with Crippen molar-refractivity contribution in [3.63, 3.8) is 0 Å². The van der Waals surface area contributed by atoms with E-state index in [1.165, 1.54) is 19.8 Å². The van der Waals surface area contributed by atoms with Crippen LogP contribution in [0.1, 0.15) is 47.9 Å². The Hall–Kier alpha value is -4.13. The molecule has 0 bridgehead atoms. The molecule has 0 heterocycles. The number of rotatable bonds is 15. The minimum absolute atomic E-state index is 0.0382. The Balaban J connectivity index is 1.42. The lowest BCUT2D eigenvalue weighted by molar-refractivity contribution is -0.140. The van der Waals surface area contributed by atoms with Crippen LogP contribution >= 0.6 is 0 Å². The molecule has 3 aromatic carbocycles. The fraction of sp³-hybridized carbons (Fsp3) is 0.344. The first kappa shape index (κ1) is 29.4. The number of hydrogen-bond acceptors (Lipinski definition) is 6. The molecule has 0 atom stereocenters. The van der Waals surface area contributed by atoms with E-state index in [4.69, 9.17) is 14.2 Å². The first-order valence-electron chi connectivity index (χ1n) is 13.3. The Bertz CT molecular complexity index is 1170. The standard InChI is InChI=1S/C32H37NO6/c1-37-31(35)22-26-19-27(23-32(36)38-2)21-28(20-26)33-30(34)17-14-25-12-15-29(16-13-25)39-18-8-4-7-11-24-9-5-3-6-10-24/h3,5-6,9-10,12-13,15-16,19-21H,4,7-8,11,14,17-18,22-23H2,1-2H3,(H,33,34). The van der Waals surface area contributed by atoms with Gasteiger partial charge in [-0.05, 0) is 78.6 Å². The zero-order chi connectivity index (χ0) is 27.9. The van der Waals surface area contributed by atoms with E-state index in [1.54, 1.807) is 18.2 Å². The van der Waals surface area contributed by atoms with Crippen LogP contribution in [0.5, 0.6) is 5.75 Å². The summed E-state index contributed by atoms with van der Waals surface area (Å²) in [6.45, 7) is 0.684. The van der Waals surface area contributed by atoms with Crippen molar-refractivity contribution in [2.75, 3.05) is 26.1 Å². The van der Waals surface area contributed by atoms with E-state index >= 15 is 0 Å². The van der Waals surface area contributed by atoms with E-state index in [0.717, 1.165) is 37.0 Å². The smallest absolute Gasteiger partial charge is 0.309 e. The van der Waals surface area contributed by atoms with Crippen LogP contribution in [0.2, 0.25) is 0 Å². The molecule has 3 rings (SSSR count). The zero-order valence-electron chi connectivity index (χ0n) is 22.7. The van der Waals surface area contributed by atoms with Gasteiger partial charge < -0.3 is 19.5 Å². The van der Waals surface area contributed by atoms with Crippen LogP contribution in [-0.4, -0.2) is 38.7 Å². The van der Waals surface area contributed by atoms with Gasteiger partial charge in [0.15, 0.2) is 0 Å². The topological polar surface area (TPSA) is 90.9 Å². The van der Waals surface area contributed by atoms with Crippen molar-refractivity contribution < 1.29 is 28.6 Å². The highest BCUT2D eigenvalue weighted by atomic mass is 16.5. The van der Waals surface area contributed by atoms with Crippen LogP contribution < -0.4 is 10.1 Å². The van der Waals surface area contributed by atoms with E-state index in [9.17, 15) is 14.4 Å². The molecule has 3 aromatic rings. The van der Waals surface area contributed by atoms with Crippen LogP contribution in [0.15, 0.2) is 72.8 Å². The highest BCUT2D eigenvalue weighted by molar-refractivity contribution is 5.91. The van der Waals surface area contributed by atoms with Crippen LogP contribution in [0.3, 0.4) is 0 Å². The molecule has 0 aliphatic carbocycles. The monoisotopic (exact) mass is 531 g/mol. The number of anilines is 1. The first-order valence-corrected chi connectivity index (χ1v) is 13.3. The predicted molar refractivity (Wildman–Crippen MR) is 151 cm³/mol. The molecular formula is C32H37NO6. The maximum Gasteiger partial charge on any atom is 0.309 e. The summed E-state index contributed by atoms with van der Waals surface area (Å²) in [5, 5.41) is 2.87.